The van der Waals surface area contributed by atoms with Gasteiger partial charge in [-0.15, -0.1) is 0 Å². The highest BCUT2D eigenvalue weighted by molar-refractivity contribution is 6.00. The molecule has 7 heteroatoms. The topological polar surface area (TPSA) is 85.1 Å². The first-order valence-electron chi connectivity index (χ1n) is 9.96. The van der Waals surface area contributed by atoms with Crippen LogP contribution in [0, 0.1) is 0 Å². The molecule has 0 aliphatic carbocycles. The third-order valence-corrected chi connectivity index (χ3v) is 6.37. The first-order valence-corrected chi connectivity index (χ1v) is 9.96. The lowest BCUT2D eigenvalue weighted by atomic mass is 9.84. The van der Waals surface area contributed by atoms with Crippen molar-refractivity contribution in [1.82, 2.24) is 19.8 Å². The molecule has 4 heterocycles. The normalized spacial score (nSPS) is 23.6. The van der Waals surface area contributed by atoms with Crippen LogP contribution in [-0.4, -0.2) is 34.0 Å². The monoisotopic (exact) mass is 368 g/mol. The Morgan fingerprint density at radius 2 is 1.81 bits per heavy atom. The summed E-state index contributed by atoms with van der Waals surface area (Å²) in [5.41, 5.74) is 4.38. The molecule has 1 aromatic heterocycles. The van der Waals surface area contributed by atoms with Gasteiger partial charge in [-0.05, 0) is 68.3 Å². The van der Waals surface area contributed by atoms with E-state index in [1.807, 2.05) is 10.6 Å². The molecule has 142 valence electrons. The number of nitrogens with zero attached hydrogens (tertiary/aromatic N) is 2. The minimum atomic E-state index is -0.602. The molecular weight excluding hydrogens is 344 g/mol. The fourth-order valence-corrected chi connectivity index (χ4v) is 5.09. The Morgan fingerprint density at radius 1 is 1.00 bits per heavy atom. The van der Waals surface area contributed by atoms with Crippen molar-refractivity contribution in [3.63, 3.8) is 0 Å². The quantitative estimate of drug-likeness (QED) is 0.780. The van der Waals surface area contributed by atoms with Gasteiger partial charge in [0.15, 0.2) is 0 Å². The summed E-state index contributed by atoms with van der Waals surface area (Å²) in [5, 5.41) is 5.80. The molecule has 1 atom stereocenters. The van der Waals surface area contributed by atoms with Gasteiger partial charge in [-0.3, -0.25) is 24.0 Å². The number of hydrogen-bond acceptors (Lipinski definition) is 4. The van der Waals surface area contributed by atoms with Crippen LogP contribution in [0.2, 0.25) is 0 Å². The van der Waals surface area contributed by atoms with Crippen molar-refractivity contribution in [2.24, 2.45) is 0 Å². The van der Waals surface area contributed by atoms with E-state index in [2.05, 4.69) is 16.7 Å². The zero-order valence-corrected chi connectivity index (χ0v) is 15.3. The Labute approximate surface area is 156 Å². The largest absolute Gasteiger partial charge is 0.329 e. The molecule has 27 heavy (non-hydrogen) atoms. The van der Waals surface area contributed by atoms with Crippen molar-refractivity contribution in [3.05, 3.63) is 33.7 Å². The first-order chi connectivity index (χ1) is 13.1. The molecule has 1 unspecified atom stereocenters. The lowest BCUT2D eigenvalue weighted by Gasteiger charge is -2.27. The van der Waals surface area contributed by atoms with Gasteiger partial charge in [-0.25, -0.2) is 4.79 Å². The number of hydrogen-bond donors (Lipinski definition) is 2. The molecule has 2 saturated heterocycles. The minimum Gasteiger partial charge on any atom is -0.317 e. The maximum atomic E-state index is 13.2. The Hall–Kier alpha value is -2.41. The van der Waals surface area contributed by atoms with Gasteiger partial charge in [-0.2, -0.15) is 0 Å². The Balaban J connectivity index is 1.68. The summed E-state index contributed by atoms with van der Waals surface area (Å²) in [5.74, 6) is -0.0897. The van der Waals surface area contributed by atoms with Crippen LogP contribution >= 0.6 is 0 Å². The maximum Gasteiger partial charge on any atom is 0.329 e. The van der Waals surface area contributed by atoms with Gasteiger partial charge in [0.1, 0.15) is 6.04 Å². The number of rotatable bonds is 2. The smallest absolute Gasteiger partial charge is 0.317 e. The Morgan fingerprint density at radius 3 is 2.59 bits per heavy atom. The van der Waals surface area contributed by atoms with E-state index in [-0.39, 0.29) is 23.9 Å². The molecule has 0 spiro atoms. The molecule has 5 rings (SSSR count). The van der Waals surface area contributed by atoms with Crippen molar-refractivity contribution in [1.29, 1.82) is 0 Å². The lowest BCUT2D eigenvalue weighted by Crippen LogP contribution is -2.44. The molecule has 2 N–H and O–H groups in total. The van der Waals surface area contributed by atoms with Crippen LogP contribution in [-0.2, 0) is 22.6 Å². The van der Waals surface area contributed by atoms with Gasteiger partial charge < -0.3 is 5.32 Å². The van der Waals surface area contributed by atoms with E-state index in [1.54, 1.807) is 4.57 Å². The fourth-order valence-electron chi connectivity index (χ4n) is 5.09. The van der Waals surface area contributed by atoms with Gasteiger partial charge in [0, 0.05) is 13.0 Å². The summed E-state index contributed by atoms with van der Waals surface area (Å²) in [6.07, 6.45) is 4.83. The van der Waals surface area contributed by atoms with E-state index < -0.39 is 6.04 Å². The molecule has 2 fully saturated rings. The highest BCUT2D eigenvalue weighted by atomic mass is 16.2. The third kappa shape index (κ3) is 2.56. The van der Waals surface area contributed by atoms with Gasteiger partial charge in [-0.1, -0.05) is 6.07 Å². The lowest BCUT2D eigenvalue weighted by molar-refractivity contribution is -0.135. The second-order valence-electron chi connectivity index (χ2n) is 7.90. The molecule has 0 saturated carbocycles. The van der Waals surface area contributed by atoms with E-state index in [0.717, 1.165) is 49.8 Å². The van der Waals surface area contributed by atoms with Gasteiger partial charge in [0.2, 0.25) is 11.8 Å². The Kier molecular flexibility index (Phi) is 3.93. The van der Waals surface area contributed by atoms with Gasteiger partial charge in [0.25, 0.3) is 0 Å². The molecular formula is C20H24N4O3. The van der Waals surface area contributed by atoms with E-state index in [0.29, 0.717) is 18.9 Å². The van der Waals surface area contributed by atoms with Crippen molar-refractivity contribution in [2.45, 2.75) is 57.0 Å². The van der Waals surface area contributed by atoms with Gasteiger partial charge in [0.05, 0.1) is 11.0 Å². The number of nitrogens with one attached hydrogen (secondary N) is 2. The van der Waals surface area contributed by atoms with Crippen LogP contribution in [0.3, 0.4) is 0 Å². The maximum absolute atomic E-state index is 13.2. The van der Waals surface area contributed by atoms with Crippen molar-refractivity contribution in [2.75, 3.05) is 13.1 Å². The Bertz CT molecular complexity index is 997. The molecule has 2 amide bonds. The summed E-state index contributed by atoms with van der Waals surface area (Å²) in [6, 6.07) is 3.59. The second kappa shape index (κ2) is 6.34. The molecule has 2 aromatic rings. The van der Waals surface area contributed by atoms with Crippen LogP contribution in [0.1, 0.15) is 55.2 Å². The number of benzene rings is 1. The molecule has 7 nitrogen and oxygen atoms in total. The zero-order valence-electron chi connectivity index (χ0n) is 15.3. The molecule has 3 aliphatic heterocycles. The summed E-state index contributed by atoms with van der Waals surface area (Å²) >= 11 is 0. The second-order valence-corrected chi connectivity index (χ2v) is 7.90. The predicted molar refractivity (Wildman–Crippen MR) is 101 cm³/mol. The van der Waals surface area contributed by atoms with E-state index in [4.69, 9.17) is 0 Å². The third-order valence-electron chi connectivity index (χ3n) is 6.37. The number of carbonyl (C=O) groups excluding carboxylic acids is 2. The van der Waals surface area contributed by atoms with Crippen molar-refractivity contribution >= 4 is 22.8 Å². The summed E-state index contributed by atoms with van der Waals surface area (Å²) in [6.45, 7) is 2.76. The van der Waals surface area contributed by atoms with Crippen molar-refractivity contribution < 1.29 is 9.59 Å². The average Bonchev–Trinajstić information content (AvgIpc) is 2.97. The number of imidazole rings is 1. The number of aryl methyl sites for hydroxylation is 2. The highest BCUT2D eigenvalue weighted by Crippen LogP contribution is 2.36. The van der Waals surface area contributed by atoms with Gasteiger partial charge >= 0.3 is 5.69 Å². The molecule has 0 bridgehead atoms. The summed E-state index contributed by atoms with van der Waals surface area (Å²) in [4.78, 5) is 37.1. The predicted octanol–water partition coefficient (Wildman–Crippen LogP) is 1.19. The van der Waals surface area contributed by atoms with E-state index in [1.165, 1.54) is 11.1 Å². The average molecular weight is 368 g/mol. The number of imide groups is 1. The standard InChI is InChI=1S/C20H24N4O3/c25-17-6-5-16(19(26)22-17)24-15-4-3-13(12-7-9-21-10-8-12)14-2-1-11-23(18(14)15)20(24)27/h3-4,12,16,21H,1-2,5-11H2,(H,22,25,26). The molecule has 3 aliphatic rings. The van der Waals surface area contributed by atoms with Crippen LogP contribution in [0.5, 0.6) is 0 Å². The van der Waals surface area contributed by atoms with E-state index in [9.17, 15) is 14.4 Å². The van der Waals surface area contributed by atoms with E-state index >= 15 is 0 Å². The zero-order chi connectivity index (χ0) is 18.5. The van der Waals surface area contributed by atoms with Crippen LogP contribution in [0.25, 0.3) is 11.0 Å². The number of carbonyl (C=O) groups is 2. The first kappa shape index (κ1) is 16.7. The van der Waals surface area contributed by atoms with Crippen LogP contribution in [0.15, 0.2) is 16.9 Å². The van der Waals surface area contributed by atoms with Crippen LogP contribution < -0.4 is 16.3 Å². The SMILES string of the molecule is O=C1CCC(n2c(=O)n3c4c(c(C5CCNCC5)ccc42)CCC3)C(=O)N1. The number of aromatic nitrogens is 2. The number of piperidine rings is 2. The fraction of sp³-hybridized carbons (Fsp3) is 0.550. The van der Waals surface area contributed by atoms with Crippen molar-refractivity contribution in [3.8, 4) is 0 Å². The summed E-state index contributed by atoms with van der Waals surface area (Å²) in [7, 11) is 0. The minimum absolute atomic E-state index is 0.122. The highest BCUT2D eigenvalue weighted by Gasteiger charge is 2.33. The van der Waals surface area contributed by atoms with Crippen LogP contribution in [0.4, 0.5) is 0 Å². The number of amides is 2. The molecule has 0 radical (unpaired) electrons. The summed E-state index contributed by atoms with van der Waals surface area (Å²) < 4.78 is 3.47. The molecule has 1 aromatic carbocycles.